The summed E-state index contributed by atoms with van der Waals surface area (Å²) in [5.74, 6) is 1.47. The summed E-state index contributed by atoms with van der Waals surface area (Å²) in [6, 6.07) is 10.3. The number of carbonyl (C=O) groups is 2. The van der Waals surface area contributed by atoms with Crippen LogP contribution in [-0.2, 0) is 9.53 Å². The van der Waals surface area contributed by atoms with Crippen molar-refractivity contribution in [1.29, 1.82) is 0 Å². The maximum Gasteiger partial charge on any atom is 0.338 e. The van der Waals surface area contributed by atoms with Crippen molar-refractivity contribution in [3.05, 3.63) is 64.8 Å². The normalized spacial score (nSPS) is 17.2. The highest BCUT2D eigenvalue weighted by atomic mass is 16.5. The Morgan fingerprint density at radius 3 is 2.52 bits per heavy atom. The molecule has 0 saturated carbocycles. The van der Waals surface area contributed by atoms with Crippen molar-refractivity contribution < 1.29 is 23.5 Å². The molecule has 0 saturated heterocycles. The monoisotopic (exact) mass is 427 g/mol. The first kappa shape index (κ1) is 22.4. The molecule has 0 unspecified atom stereocenters. The maximum absolute atomic E-state index is 12.9. The van der Waals surface area contributed by atoms with Crippen LogP contribution < -0.4 is 15.4 Å². The lowest BCUT2D eigenvalue weighted by Crippen LogP contribution is -2.48. The largest absolute Gasteiger partial charge is 0.497 e. The van der Waals surface area contributed by atoms with E-state index in [4.69, 9.17) is 13.9 Å². The lowest BCUT2D eigenvalue weighted by Gasteiger charge is -2.32. The number of likely N-dealkylation sites (N-methyl/N-ethyl adjacent to an activating group) is 1. The van der Waals surface area contributed by atoms with Crippen molar-refractivity contribution in [2.75, 3.05) is 27.3 Å². The van der Waals surface area contributed by atoms with Gasteiger partial charge in [-0.05, 0) is 57.6 Å². The fourth-order valence-electron chi connectivity index (χ4n) is 3.54. The zero-order chi connectivity index (χ0) is 22.5. The number of urea groups is 1. The van der Waals surface area contributed by atoms with Gasteiger partial charge < -0.3 is 24.5 Å². The predicted octanol–water partition coefficient (Wildman–Crippen LogP) is 3.46. The number of amides is 2. The maximum atomic E-state index is 12.9. The molecule has 1 aromatic carbocycles. The average Bonchev–Trinajstić information content (AvgIpc) is 3.19. The van der Waals surface area contributed by atoms with Crippen LogP contribution in [0.1, 0.15) is 43.0 Å². The molecule has 0 spiro atoms. The molecule has 1 aliphatic heterocycles. The van der Waals surface area contributed by atoms with E-state index in [0.29, 0.717) is 29.3 Å². The van der Waals surface area contributed by atoms with Crippen LogP contribution in [-0.4, -0.2) is 44.2 Å². The smallest absolute Gasteiger partial charge is 0.338 e. The lowest BCUT2D eigenvalue weighted by atomic mass is 9.99. The van der Waals surface area contributed by atoms with Crippen LogP contribution in [0.15, 0.2) is 52.1 Å². The van der Waals surface area contributed by atoms with E-state index in [1.165, 1.54) is 0 Å². The van der Waals surface area contributed by atoms with Gasteiger partial charge in [-0.15, -0.1) is 0 Å². The van der Waals surface area contributed by atoms with E-state index in [-0.39, 0.29) is 12.6 Å². The first-order valence-corrected chi connectivity index (χ1v) is 10.2. The topological polar surface area (TPSA) is 93.0 Å². The van der Waals surface area contributed by atoms with Crippen molar-refractivity contribution in [3.8, 4) is 5.75 Å². The molecule has 2 amide bonds. The number of benzene rings is 1. The summed E-state index contributed by atoms with van der Waals surface area (Å²) < 4.78 is 16.2. The average molecular weight is 428 g/mol. The minimum atomic E-state index is -0.721. The van der Waals surface area contributed by atoms with Crippen molar-refractivity contribution >= 4 is 12.0 Å². The second kappa shape index (κ2) is 9.70. The summed E-state index contributed by atoms with van der Waals surface area (Å²) in [6.45, 7) is 6.18. The molecule has 1 aromatic heterocycles. The number of rotatable bonds is 8. The minimum absolute atomic E-state index is 0.0259. The van der Waals surface area contributed by atoms with Gasteiger partial charge in [0.15, 0.2) is 0 Å². The van der Waals surface area contributed by atoms with Crippen molar-refractivity contribution in [1.82, 2.24) is 15.5 Å². The van der Waals surface area contributed by atoms with Gasteiger partial charge in [0.1, 0.15) is 23.3 Å². The summed E-state index contributed by atoms with van der Waals surface area (Å²) in [5.41, 5.74) is 1.91. The molecule has 3 rings (SSSR count). The molecule has 1 aliphatic rings. The molecule has 8 heteroatoms. The molecule has 166 valence electrons. The lowest BCUT2D eigenvalue weighted by molar-refractivity contribution is -0.139. The summed E-state index contributed by atoms with van der Waals surface area (Å²) in [5, 5.41) is 5.57. The molecule has 2 N–H and O–H groups in total. The first-order chi connectivity index (χ1) is 14.8. The quantitative estimate of drug-likeness (QED) is 0.627. The predicted molar refractivity (Wildman–Crippen MR) is 116 cm³/mol. The Morgan fingerprint density at radius 2 is 1.94 bits per heavy atom. The number of ether oxygens (including phenoxy) is 2. The zero-order valence-corrected chi connectivity index (χ0v) is 18.5. The fraction of sp³-hybridized carbons (Fsp3) is 0.391. The number of nitrogens with one attached hydrogen (secondary N) is 2. The number of nitrogens with zero attached hydrogens (tertiary/aromatic N) is 1. The van der Waals surface area contributed by atoms with E-state index in [0.717, 1.165) is 11.3 Å². The van der Waals surface area contributed by atoms with E-state index < -0.39 is 18.0 Å². The summed E-state index contributed by atoms with van der Waals surface area (Å²) in [6.07, 6.45) is 0. The Morgan fingerprint density at radius 1 is 1.23 bits per heavy atom. The number of methoxy groups -OCH3 is 1. The molecule has 0 aliphatic carbocycles. The van der Waals surface area contributed by atoms with Crippen molar-refractivity contribution in [2.24, 2.45) is 0 Å². The fourth-order valence-corrected chi connectivity index (χ4v) is 3.54. The highest BCUT2D eigenvalue weighted by Gasteiger charge is 2.36. The highest BCUT2D eigenvalue weighted by Crippen LogP contribution is 2.30. The molecule has 0 bridgehead atoms. The van der Waals surface area contributed by atoms with Gasteiger partial charge in [0.25, 0.3) is 0 Å². The van der Waals surface area contributed by atoms with Gasteiger partial charge in [-0.1, -0.05) is 12.1 Å². The van der Waals surface area contributed by atoms with Crippen LogP contribution in [0.3, 0.4) is 0 Å². The summed E-state index contributed by atoms with van der Waals surface area (Å²) in [7, 11) is 3.57. The Hall–Kier alpha value is -3.26. The third-order valence-corrected chi connectivity index (χ3v) is 5.36. The second-order valence-corrected chi connectivity index (χ2v) is 7.46. The first-order valence-electron chi connectivity index (χ1n) is 10.2. The van der Waals surface area contributed by atoms with E-state index in [9.17, 15) is 9.59 Å². The van der Waals surface area contributed by atoms with Gasteiger partial charge in [0, 0.05) is 18.3 Å². The Bertz CT molecular complexity index is 964. The number of esters is 1. The van der Waals surface area contributed by atoms with Crippen LogP contribution in [0.4, 0.5) is 4.79 Å². The van der Waals surface area contributed by atoms with Gasteiger partial charge in [0.2, 0.25) is 0 Å². The molecule has 2 aromatic rings. The minimum Gasteiger partial charge on any atom is -0.497 e. The molecule has 2 atom stereocenters. The third-order valence-electron chi connectivity index (χ3n) is 5.36. The van der Waals surface area contributed by atoms with E-state index in [1.54, 1.807) is 26.2 Å². The van der Waals surface area contributed by atoms with E-state index in [2.05, 4.69) is 17.6 Å². The van der Waals surface area contributed by atoms with Gasteiger partial charge >= 0.3 is 12.0 Å². The third kappa shape index (κ3) is 5.08. The van der Waals surface area contributed by atoms with Crippen molar-refractivity contribution in [3.63, 3.8) is 0 Å². The highest BCUT2D eigenvalue weighted by molar-refractivity contribution is 5.95. The molecule has 2 heterocycles. The SMILES string of the molecule is CCOC(=O)C1=C(CN(C)[C@H](C)c2ccc(OC)cc2)NC(=O)N[C@H]1c1ccc(C)o1. The standard InChI is InChI=1S/C23H29N3O5/c1-6-30-22(27)20-18(24-23(28)25-21(20)19-12-7-14(2)31-19)13-26(4)15(3)16-8-10-17(29-5)11-9-16/h7-12,15,21H,6,13H2,1-5H3,(H2,24,25,28)/t15-,21+/m1/s1. The Kier molecular flexibility index (Phi) is 7.02. The van der Waals surface area contributed by atoms with Crippen LogP contribution >= 0.6 is 0 Å². The number of aryl methyl sites for hydroxylation is 1. The molecule has 0 fully saturated rings. The molecular formula is C23H29N3O5. The van der Waals surface area contributed by atoms with Crippen LogP contribution in [0.2, 0.25) is 0 Å². The molecule has 8 nitrogen and oxygen atoms in total. The van der Waals surface area contributed by atoms with Gasteiger partial charge in [-0.2, -0.15) is 0 Å². The van der Waals surface area contributed by atoms with Crippen LogP contribution in [0, 0.1) is 6.92 Å². The van der Waals surface area contributed by atoms with E-state index in [1.807, 2.05) is 43.1 Å². The zero-order valence-electron chi connectivity index (χ0n) is 18.5. The number of hydrogen-bond acceptors (Lipinski definition) is 6. The van der Waals surface area contributed by atoms with E-state index >= 15 is 0 Å². The Labute approximate surface area is 182 Å². The molecule has 31 heavy (non-hydrogen) atoms. The second-order valence-electron chi connectivity index (χ2n) is 7.46. The van der Waals surface area contributed by atoms with Gasteiger partial charge in [0.05, 0.1) is 19.3 Å². The van der Waals surface area contributed by atoms with Gasteiger partial charge in [-0.25, -0.2) is 9.59 Å². The number of hydrogen-bond donors (Lipinski definition) is 2. The van der Waals surface area contributed by atoms with Crippen molar-refractivity contribution in [2.45, 2.75) is 32.9 Å². The number of carbonyl (C=O) groups excluding carboxylic acids is 2. The van der Waals surface area contributed by atoms with Crippen LogP contribution in [0.5, 0.6) is 5.75 Å². The summed E-state index contributed by atoms with van der Waals surface area (Å²) in [4.78, 5) is 27.3. The summed E-state index contributed by atoms with van der Waals surface area (Å²) >= 11 is 0. The van der Waals surface area contributed by atoms with Crippen LogP contribution in [0.25, 0.3) is 0 Å². The Balaban J connectivity index is 1.92. The van der Waals surface area contributed by atoms with Gasteiger partial charge in [-0.3, -0.25) is 4.90 Å². The molecular weight excluding hydrogens is 398 g/mol. The molecule has 0 radical (unpaired) electrons. The number of furan rings is 1.